The van der Waals surface area contributed by atoms with Crippen LogP contribution >= 0.6 is 0 Å². The summed E-state index contributed by atoms with van der Waals surface area (Å²) in [5, 5.41) is 12.8. The van der Waals surface area contributed by atoms with Crippen LogP contribution < -0.4 is 10.1 Å². The Balaban J connectivity index is 1.84. The van der Waals surface area contributed by atoms with Crippen molar-refractivity contribution >= 4 is 5.91 Å². The molecule has 0 saturated heterocycles. The molecule has 4 nitrogen and oxygen atoms in total. The first kappa shape index (κ1) is 12.5. The number of carbonyl (C=O) groups excluding carboxylic acids is 1. The number of hydrogen-bond acceptors (Lipinski definition) is 3. The fraction of sp³-hybridized carbons (Fsp3) is 0.533. The van der Waals surface area contributed by atoms with Gasteiger partial charge in [-0.1, -0.05) is 6.07 Å². The number of amides is 1. The topological polar surface area (TPSA) is 58.6 Å². The van der Waals surface area contributed by atoms with Crippen molar-refractivity contribution in [2.24, 2.45) is 5.92 Å². The van der Waals surface area contributed by atoms with Crippen molar-refractivity contribution < 1.29 is 14.6 Å². The van der Waals surface area contributed by atoms with Crippen LogP contribution in [0.4, 0.5) is 0 Å². The second-order valence-electron chi connectivity index (χ2n) is 5.45. The van der Waals surface area contributed by atoms with Gasteiger partial charge in [0.15, 0.2) is 0 Å². The van der Waals surface area contributed by atoms with Gasteiger partial charge < -0.3 is 15.2 Å². The van der Waals surface area contributed by atoms with Gasteiger partial charge >= 0.3 is 0 Å². The first-order valence-electron chi connectivity index (χ1n) is 6.90. The van der Waals surface area contributed by atoms with Gasteiger partial charge in [0.1, 0.15) is 5.75 Å². The van der Waals surface area contributed by atoms with Gasteiger partial charge in [-0.15, -0.1) is 0 Å². The summed E-state index contributed by atoms with van der Waals surface area (Å²) in [6.07, 6.45) is 2.30. The standard InChI is InChI=1S/C15H19NO3/c1-9(17)11-4-5-14-12(8-11)13(6-7-19-14)16-15(18)10-2-3-10/h4-5,8-10,13,17H,2-3,6-7H2,1H3,(H,16,18). The van der Waals surface area contributed by atoms with E-state index in [2.05, 4.69) is 5.32 Å². The Bertz CT molecular complexity index is 494. The molecule has 4 heteroatoms. The number of rotatable bonds is 3. The highest BCUT2D eigenvalue weighted by Crippen LogP contribution is 2.36. The van der Waals surface area contributed by atoms with Gasteiger partial charge in [-0.3, -0.25) is 4.79 Å². The maximum absolute atomic E-state index is 11.9. The predicted octanol–water partition coefficient (Wildman–Crippen LogP) is 2.09. The highest BCUT2D eigenvalue weighted by Gasteiger charge is 2.32. The molecule has 102 valence electrons. The zero-order valence-electron chi connectivity index (χ0n) is 11.1. The molecule has 2 unspecified atom stereocenters. The average molecular weight is 261 g/mol. The molecule has 2 N–H and O–H groups in total. The van der Waals surface area contributed by atoms with Crippen LogP contribution in [0.25, 0.3) is 0 Å². The minimum Gasteiger partial charge on any atom is -0.493 e. The van der Waals surface area contributed by atoms with Crippen LogP contribution in [0.1, 0.15) is 49.5 Å². The number of hydrogen-bond donors (Lipinski definition) is 2. The maximum Gasteiger partial charge on any atom is 0.223 e. The second-order valence-corrected chi connectivity index (χ2v) is 5.45. The largest absolute Gasteiger partial charge is 0.493 e. The fourth-order valence-corrected chi connectivity index (χ4v) is 2.46. The van der Waals surface area contributed by atoms with E-state index in [0.717, 1.165) is 36.1 Å². The SMILES string of the molecule is CC(O)c1ccc2c(c1)C(NC(=O)C1CC1)CCO2. The van der Waals surface area contributed by atoms with E-state index in [0.29, 0.717) is 6.61 Å². The summed E-state index contributed by atoms with van der Waals surface area (Å²) in [6, 6.07) is 5.70. The minimum absolute atomic E-state index is 0.00977. The summed E-state index contributed by atoms with van der Waals surface area (Å²) in [5.41, 5.74) is 1.84. The molecule has 19 heavy (non-hydrogen) atoms. The van der Waals surface area contributed by atoms with Gasteiger partial charge in [0, 0.05) is 17.9 Å². The van der Waals surface area contributed by atoms with Crippen molar-refractivity contribution in [3.8, 4) is 5.75 Å². The second kappa shape index (κ2) is 4.85. The molecule has 1 aromatic carbocycles. The van der Waals surface area contributed by atoms with Crippen LogP contribution in [0.3, 0.4) is 0 Å². The molecule has 2 aliphatic rings. The molecular formula is C15H19NO3. The molecular weight excluding hydrogens is 242 g/mol. The van der Waals surface area contributed by atoms with Crippen LogP contribution in [0.5, 0.6) is 5.75 Å². The number of benzene rings is 1. The van der Waals surface area contributed by atoms with Gasteiger partial charge in [0.25, 0.3) is 0 Å². The Kier molecular flexibility index (Phi) is 3.19. The molecule has 0 aromatic heterocycles. The lowest BCUT2D eigenvalue weighted by atomic mass is 9.96. The van der Waals surface area contributed by atoms with Crippen LogP contribution in [0, 0.1) is 5.92 Å². The molecule has 0 bridgehead atoms. The number of nitrogens with one attached hydrogen (secondary N) is 1. The monoisotopic (exact) mass is 261 g/mol. The summed E-state index contributed by atoms with van der Waals surface area (Å²) in [4.78, 5) is 11.9. The Labute approximate surface area is 112 Å². The van der Waals surface area contributed by atoms with Crippen molar-refractivity contribution in [2.75, 3.05) is 6.61 Å². The first-order chi connectivity index (χ1) is 9.15. The Morgan fingerprint density at radius 3 is 2.89 bits per heavy atom. The van der Waals surface area contributed by atoms with Gasteiger partial charge in [-0.05, 0) is 37.5 Å². The van der Waals surface area contributed by atoms with Crippen molar-refractivity contribution in [3.63, 3.8) is 0 Å². The van der Waals surface area contributed by atoms with Gasteiger partial charge in [-0.25, -0.2) is 0 Å². The van der Waals surface area contributed by atoms with E-state index in [9.17, 15) is 9.90 Å². The van der Waals surface area contributed by atoms with Crippen LogP contribution in [0.2, 0.25) is 0 Å². The Morgan fingerprint density at radius 1 is 1.42 bits per heavy atom. The van der Waals surface area contributed by atoms with E-state index in [1.165, 1.54) is 0 Å². The fourth-order valence-electron chi connectivity index (χ4n) is 2.46. The van der Waals surface area contributed by atoms with Gasteiger partial charge in [-0.2, -0.15) is 0 Å². The summed E-state index contributed by atoms with van der Waals surface area (Å²) < 4.78 is 5.61. The van der Waals surface area contributed by atoms with E-state index < -0.39 is 6.10 Å². The van der Waals surface area contributed by atoms with Crippen molar-refractivity contribution in [3.05, 3.63) is 29.3 Å². The average Bonchev–Trinajstić information content (AvgIpc) is 3.22. The van der Waals surface area contributed by atoms with E-state index in [1.54, 1.807) is 6.92 Å². The lowest BCUT2D eigenvalue weighted by Crippen LogP contribution is -2.33. The van der Waals surface area contributed by atoms with Crippen LogP contribution in [-0.2, 0) is 4.79 Å². The van der Waals surface area contributed by atoms with Crippen molar-refractivity contribution in [1.82, 2.24) is 5.32 Å². The quantitative estimate of drug-likeness (QED) is 0.876. The minimum atomic E-state index is -0.507. The third kappa shape index (κ3) is 2.59. The normalized spacial score (nSPS) is 23.2. The first-order valence-corrected chi connectivity index (χ1v) is 6.90. The number of ether oxygens (including phenoxy) is 1. The lowest BCUT2D eigenvalue weighted by molar-refractivity contribution is -0.123. The summed E-state index contributed by atoms with van der Waals surface area (Å²) in [6.45, 7) is 2.36. The zero-order valence-corrected chi connectivity index (χ0v) is 11.1. The number of fused-ring (bicyclic) bond motifs is 1. The molecule has 1 aliphatic carbocycles. The van der Waals surface area contributed by atoms with Gasteiger partial charge in [0.2, 0.25) is 5.91 Å². The smallest absolute Gasteiger partial charge is 0.223 e. The predicted molar refractivity (Wildman–Crippen MR) is 70.8 cm³/mol. The van der Waals surface area contributed by atoms with Crippen LogP contribution in [-0.4, -0.2) is 17.6 Å². The number of aliphatic hydroxyl groups is 1. The highest BCUT2D eigenvalue weighted by atomic mass is 16.5. The summed E-state index contributed by atoms with van der Waals surface area (Å²) in [5.74, 6) is 1.18. The molecule has 3 rings (SSSR count). The van der Waals surface area contributed by atoms with E-state index in [4.69, 9.17) is 4.74 Å². The van der Waals surface area contributed by atoms with Crippen LogP contribution in [0.15, 0.2) is 18.2 Å². The molecule has 1 saturated carbocycles. The third-order valence-electron chi connectivity index (χ3n) is 3.82. The summed E-state index contributed by atoms with van der Waals surface area (Å²) in [7, 11) is 0. The zero-order chi connectivity index (χ0) is 13.4. The Hall–Kier alpha value is -1.55. The van der Waals surface area contributed by atoms with Crippen molar-refractivity contribution in [2.45, 2.75) is 38.3 Å². The Morgan fingerprint density at radius 2 is 2.21 bits per heavy atom. The molecule has 0 spiro atoms. The molecule has 0 radical (unpaired) electrons. The van der Waals surface area contributed by atoms with E-state index >= 15 is 0 Å². The maximum atomic E-state index is 11.9. The molecule has 2 atom stereocenters. The molecule has 1 aromatic rings. The lowest BCUT2D eigenvalue weighted by Gasteiger charge is -2.27. The van der Waals surface area contributed by atoms with E-state index in [-0.39, 0.29) is 17.9 Å². The molecule has 1 amide bonds. The van der Waals surface area contributed by atoms with Crippen molar-refractivity contribution in [1.29, 1.82) is 0 Å². The molecule has 1 heterocycles. The van der Waals surface area contributed by atoms with E-state index in [1.807, 2.05) is 18.2 Å². The molecule has 1 aliphatic heterocycles. The molecule has 1 fully saturated rings. The highest BCUT2D eigenvalue weighted by molar-refractivity contribution is 5.81. The third-order valence-corrected chi connectivity index (χ3v) is 3.82. The number of aliphatic hydroxyl groups excluding tert-OH is 1. The van der Waals surface area contributed by atoms with Gasteiger partial charge in [0.05, 0.1) is 18.8 Å². The summed E-state index contributed by atoms with van der Waals surface area (Å²) >= 11 is 0. The number of carbonyl (C=O) groups is 1.